The van der Waals surface area contributed by atoms with Crippen LogP contribution < -0.4 is 5.73 Å². The Kier molecular flexibility index (Phi) is 3.11. The molecule has 0 bridgehead atoms. The van der Waals surface area contributed by atoms with E-state index in [1.54, 1.807) is 18.7 Å². The second-order valence-electron chi connectivity index (χ2n) is 3.59. The number of nitrogens with zero attached hydrogens (tertiary/aromatic N) is 4. The third-order valence-electron chi connectivity index (χ3n) is 2.44. The van der Waals surface area contributed by atoms with Crippen molar-refractivity contribution >= 4 is 23.1 Å². The Morgan fingerprint density at radius 3 is 2.94 bits per heavy atom. The predicted octanol–water partition coefficient (Wildman–Crippen LogP) is 2.13. The Balaban J connectivity index is 2.62. The molecule has 0 atom stereocenters. The summed E-state index contributed by atoms with van der Waals surface area (Å²) in [6.07, 6.45) is 0. The second-order valence-corrected chi connectivity index (χ2v) is 4.54. The summed E-state index contributed by atoms with van der Waals surface area (Å²) in [5, 5.41) is 21.1. The Morgan fingerprint density at radius 1 is 1.67 bits per heavy atom. The maximum Gasteiger partial charge on any atom is 0.399 e. The zero-order chi connectivity index (χ0) is 13.3. The van der Waals surface area contributed by atoms with E-state index in [9.17, 15) is 10.0 Å². The molecule has 18 heavy (non-hydrogen) atoms. The van der Waals surface area contributed by atoms with Gasteiger partial charge in [0.05, 0.1) is 9.99 Å². The molecular formula is C10H11N5O2S. The first-order valence-electron chi connectivity index (χ1n) is 5.06. The predicted molar refractivity (Wildman–Crippen MR) is 66.6 cm³/mol. The highest BCUT2D eigenvalue weighted by Gasteiger charge is 2.24. The number of urea groups is 1. The number of primary amides is 1. The molecule has 0 unspecified atom stereocenters. The molecule has 0 aromatic carbocycles. The number of hydrogen-bond donors (Lipinski definition) is 1. The van der Waals surface area contributed by atoms with Gasteiger partial charge in [-0.15, -0.1) is 11.3 Å². The lowest BCUT2D eigenvalue weighted by Crippen LogP contribution is -2.08. The van der Waals surface area contributed by atoms with Crippen LogP contribution in [0.3, 0.4) is 0 Å². The molecule has 2 heterocycles. The Labute approximate surface area is 107 Å². The number of hydrogen-bond acceptors (Lipinski definition) is 4. The molecule has 2 N–H and O–H groups in total. The van der Waals surface area contributed by atoms with Crippen LogP contribution in [-0.4, -0.2) is 20.7 Å². The van der Waals surface area contributed by atoms with E-state index in [1.165, 1.54) is 11.3 Å². The van der Waals surface area contributed by atoms with Crippen LogP contribution in [0.15, 0.2) is 22.6 Å². The number of aryl methyl sites for hydroxylation is 1. The van der Waals surface area contributed by atoms with E-state index in [0.717, 1.165) is 4.88 Å². The number of carbonyl (C=O) groups is 1. The van der Waals surface area contributed by atoms with Crippen LogP contribution in [0.4, 0.5) is 10.5 Å². The molecule has 0 saturated heterocycles. The van der Waals surface area contributed by atoms with Gasteiger partial charge in [0.1, 0.15) is 5.69 Å². The number of azo groups is 1. The highest BCUT2D eigenvalue weighted by molar-refractivity contribution is 7.13. The molecule has 0 aliphatic carbocycles. The fourth-order valence-electron chi connectivity index (χ4n) is 1.54. The van der Waals surface area contributed by atoms with E-state index in [2.05, 4.69) is 10.2 Å². The lowest BCUT2D eigenvalue weighted by molar-refractivity contribution is -0.434. The quantitative estimate of drug-likeness (QED) is 0.511. The summed E-state index contributed by atoms with van der Waals surface area (Å²) in [4.78, 5) is 11.7. The number of thiophene rings is 1. The van der Waals surface area contributed by atoms with Crippen LogP contribution in [0.5, 0.6) is 0 Å². The third-order valence-corrected chi connectivity index (χ3v) is 3.31. The first kappa shape index (κ1) is 12.2. The molecular weight excluding hydrogens is 254 g/mol. The zero-order valence-electron chi connectivity index (χ0n) is 9.82. The largest absolute Gasteiger partial charge is 0.594 e. The minimum absolute atomic E-state index is 0.222. The molecule has 0 radical (unpaired) electrons. The summed E-state index contributed by atoms with van der Waals surface area (Å²) in [5.41, 5.74) is 6.22. The maximum absolute atomic E-state index is 11.8. The van der Waals surface area contributed by atoms with Gasteiger partial charge in [0, 0.05) is 7.05 Å². The number of carbonyl (C=O) groups excluding carboxylic acids is 1. The van der Waals surface area contributed by atoms with Crippen LogP contribution in [0.1, 0.15) is 5.69 Å². The van der Waals surface area contributed by atoms with Crippen LogP contribution in [0, 0.1) is 12.1 Å². The standard InChI is InChI=1S/C10H11N5O2S/c1-6-9(15(17)13-10(11)16)8(12-14(6)2)7-4-3-5-18-7/h3-5H,1-2H3,(H2,11,16)/b15-13-. The van der Waals surface area contributed by atoms with E-state index >= 15 is 0 Å². The van der Waals surface area contributed by atoms with Crippen molar-refractivity contribution in [1.29, 1.82) is 0 Å². The molecule has 2 amide bonds. The highest BCUT2D eigenvalue weighted by atomic mass is 32.1. The van der Waals surface area contributed by atoms with Crippen molar-refractivity contribution in [2.75, 3.05) is 0 Å². The molecule has 0 aliphatic rings. The van der Waals surface area contributed by atoms with Crippen molar-refractivity contribution in [3.8, 4) is 10.6 Å². The van der Waals surface area contributed by atoms with Crippen LogP contribution >= 0.6 is 11.3 Å². The normalized spacial score (nSPS) is 11.8. The van der Waals surface area contributed by atoms with Gasteiger partial charge >= 0.3 is 6.03 Å². The van der Waals surface area contributed by atoms with Crippen LogP contribution in [0.2, 0.25) is 0 Å². The molecule has 2 rings (SSSR count). The SMILES string of the molecule is Cc1c(/[N+]([O-])=N/C(N)=O)c(-c2cccs2)nn1C. The molecule has 0 aliphatic heterocycles. The summed E-state index contributed by atoms with van der Waals surface area (Å²) in [6, 6.07) is 2.66. The average Bonchev–Trinajstić information content (AvgIpc) is 2.87. The van der Waals surface area contributed by atoms with Gasteiger partial charge in [-0.2, -0.15) is 5.10 Å². The fourth-order valence-corrected chi connectivity index (χ4v) is 2.25. The summed E-state index contributed by atoms with van der Waals surface area (Å²) >= 11 is 1.45. The summed E-state index contributed by atoms with van der Waals surface area (Å²) in [6.45, 7) is 1.72. The maximum atomic E-state index is 11.8. The molecule has 0 saturated carbocycles. The van der Waals surface area contributed by atoms with E-state index in [0.29, 0.717) is 11.4 Å². The summed E-state index contributed by atoms with van der Waals surface area (Å²) in [7, 11) is 1.72. The van der Waals surface area contributed by atoms with Crippen molar-refractivity contribution in [3.63, 3.8) is 0 Å². The Bertz CT molecular complexity index is 615. The van der Waals surface area contributed by atoms with Gasteiger partial charge in [-0.1, -0.05) is 6.07 Å². The van der Waals surface area contributed by atoms with Gasteiger partial charge in [0.15, 0.2) is 5.69 Å². The molecule has 0 fully saturated rings. The zero-order valence-corrected chi connectivity index (χ0v) is 10.6. The lowest BCUT2D eigenvalue weighted by atomic mass is 10.2. The van der Waals surface area contributed by atoms with Gasteiger partial charge in [-0.05, 0) is 23.2 Å². The molecule has 2 aromatic rings. The number of nitrogens with two attached hydrogens (primary N) is 1. The fraction of sp³-hybridized carbons (Fsp3) is 0.200. The van der Waals surface area contributed by atoms with Gasteiger partial charge in [-0.25, -0.2) is 4.79 Å². The van der Waals surface area contributed by atoms with E-state index in [-0.39, 0.29) is 10.5 Å². The number of rotatable bonds is 2. The number of amides is 2. The van der Waals surface area contributed by atoms with Crippen molar-refractivity contribution in [1.82, 2.24) is 9.78 Å². The first-order valence-corrected chi connectivity index (χ1v) is 5.94. The molecule has 2 aromatic heterocycles. The van der Waals surface area contributed by atoms with Crippen molar-refractivity contribution in [2.45, 2.75) is 6.92 Å². The Morgan fingerprint density at radius 2 is 2.39 bits per heavy atom. The van der Waals surface area contributed by atoms with Gasteiger partial charge in [0.2, 0.25) is 0 Å². The van der Waals surface area contributed by atoms with Crippen LogP contribution in [0.25, 0.3) is 10.6 Å². The minimum Gasteiger partial charge on any atom is -0.594 e. The monoisotopic (exact) mass is 265 g/mol. The highest BCUT2D eigenvalue weighted by Crippen LogP contribution is 2.34. The number of aromatic nitrogens is 2. The third kappa shape index (κ3) is 2.09. The van der Waals surface area contributed by atoms with Crippen molar-refractivity contribution in [2.24, 2.45) is 17.9 Å². The average molecular weight is 265 g/mol. The van der Waals surface area contributed by atoms with E-state index in [4.69, 9.17) is 5.73 Å². The molecule has 94 valence electrons. The summed E-state index contributed by atoms with van der Waals surface area (Å²) < 4.78 is 1.56. The van der Waals surface area contributed by atoms with Gasteiger partial charge < -0.3 is 10.9 Å². The van der Waals surface area contributed by atoms with E-state index < -0.39 is 6.03 Å². The minimum atomic E-state index is -1.04. The first-order chi connectivity index (χ1) is 8.50. The van der Waals surface area contributed by atoms with E-state index in [1.807, 2.05) is 17.5 Å². The smallest absolute Gasteiger partial charge is 0.399 e. The topological polar surface area (TPSA) is 99.3 Å². The van der Waals surface area contributed by atoms with Crippen molar-refractivity contribution in [3.05, 3.63) is 28.4 Å². The lowest BCUT2D eigenvalue weighted by Gasteiger charge is -1.99. The second kappa shape index (κ2) is 4.57. The molecule has 7 nitrogen and oxygen atoms in total. The molecule has 0 spiro atoms. The Hall–Kier alpha value is -2.22. The van der Waals surface area contributed by atoms with Gasteiger partial charge in [0.25, 0.3) is 5.69 Å². The van der Waals surface area contributed by atoms with Crippen LogP contribution in [-0.2, 0) is 7.05 Å². The summed E-state index contributed by atoms with van der Waals surface area (Å²) in [5.74, 6) is 0. The molecule has 8 heteroatoms. The van der Waals surface area contributed by atoms with Crippen molar-refractivity contribution < 1.29 is 9.66 Å². The van der Waals surface area contributed by atoms with Gasteiger partial charge in [-0.3, -0.25) is 4.68 Å².